The molecule has 112 valence electrons. The van der Waals surface area contributed by atoms with Crippen LogP contribution >= 0.6 is 0 Å². The van der Waals surface area contributed by atoms with Crippen LogP contribution in [0.3, 0.4) is 0 Å². The zero-order valence-corrected chi connectivity index (χ0v) is 12.8. The lowest BCUT2D eigenvalue weighted by atomic mass is 10.2. The Bertz CT molecular complexity index is 725. The minimum atomic E-state index is -3.62. The summed E-state index contributed by atoms with van der Waals surface area (Å²) in [6, 6.07) is 8.56. The summed E-state index contributed by atoms with van der Waals surface area (Å²) in [6.07, 6.45) is 1.65. The van der Waals surface area contributed by atoms with Crippen LogP contribution in [0.1, 0.15) is 22.4 Å². The summed E-state index contributed by atoms with van der Waals surface area (Å²) < 4.78 is 27.3. The highest BCUT2D eigenvalue weighted by atomic mass is 32.2. The third-order valence-corrected chi connectivity index (χ3v) is 4.71. The van der Waals surface area contributed by atoms with Crippen molar-refractivity contribution in [3.63, 3.8) is 0 Å². The highest BCUT2D eigenvalue weighted by Gasteiger charge is 2.17. The smallest absolute Gasteiger partial charge is 0.241 e. The molecule has 0 aliphatic carbocycles. The third kappa shape index (κ3) is 3.87. The van der Waals surface area contributed by atoms with Gasteiger partial charge in [0.25, 0.3) is 0 Å². The van der Waals surface area contributed by atoms with E-state index in [0.29, 0.717) is 11.1 Å². The Hall–Kier alpha value is -1.76. The van der Waals surface area contributed by atoms with Crippen molar-refractivity contribution in [1.82, 2.24) is 9.71 Å². The summed E-state index contributed by atoms with van der Waals surface area (Å²) in [4.78, 5) is 4.32. The SMILES string of the molecule is Cc1ccc(CNS(=O)(=O)c2cc(CO)ccc2C)cn1. The Balaban J connectivity index is 2.20. The maximum atomic E-state index is 12.3. The van der Waals surface area contributed by atoms with Gasteiger partial charge in [0, 0.05) is 18.4 Å². The van der Waals surface area contributed by atoms with Crippen molar-refractivity contribution in [2.24, 2.45) is 0 Å². The second-order valence-corrected chi connectivity index (χ2v) is 6.63. The van der Waals surface area contributed by atoms with Gasteiger partial charge in [-0.1, -0.05) is 18.2 Å². The standard InChI is InChI=1S/C15H18N2O3S/c1-11-3-5-13(10-18)7-15(11)21(19,20)17-9-14-6-4-12(2)16-8-14/h3-8,17-18H,9-10H2,1-2H3. The molecule has 1 aromatic carbocycles. The number of aromatic nitrogens is 1. The van der Waals surface area contributed by atoms with Gasteiger partial charge in [0.15, 0.2) is 0 Å². The molecule has 0 aliphatic rings. The van der Waals surface area contributed by atoms with Crippen LogP contribution in [-0.4, -0.2) is 18.5 Å². The molecule has 5 nitrogen and oxygen atoms in total. The summed E-state index contributed by atoms with van der Waals surface area (Å²) >= 11 is 0. The van der Waals surface area contributed by atoms with Crippen LogP contribution in [0.15, 0.2) is 41.4 Å². The molecular formula is C15H18N2O3S. The molecule has 1 aromatic heterocycles. The molecule has 0 aliphatic heterocycles. The van der Waals surface area contributed by atoms with Crippen molar-refractivity contribution >= 4 is 10.0 Å². The van der Waals surface area contributed by atoms with Gasteiger partial charge >= 0.3 is 0 Å². The number of aliphatic hydroxyl groups excluding tert-OH is 1. The van der Waals surface area contributed by atoms with Gasteiger partial charge in [0.2, 0.25) is 10.0 Å². The first-order valence-corrected chi connectivity index (χ1v) is 8.02. The van der Waals surface area contributed by atoms with Gasteiger partial charge < -0.3 is 5.11 Å². The number of nitrogens with one attached hydrogen (secondary N) is 1. The van der Waals surface area contributed by atoms with Gasteiger partial charge in [0.05, 0.1) is 11.5 Å². The second kappa shape index (κ2) is 6.34. The third-order valence-electron chi connectivity index (χ3n) is 3.16. The van der Waals surface area contributed by atoms with Gasteiger partial charge in [-0.2, -0.15) is 0 Å². The van der Waals surface area contributed by atoms with E-state index in [9.17, 15) is 8.42 Å². The van der Waals surface area contributed by atoms with Crippen molar-refractivity contribution in [3.8, 4) is 0 Å². The largest absolute Gasteiger partial charge is 0.392 e. The van der Waals surface area contributed by atoms with Crippen LogP contribution in [0.25, 0.3) is 0 Å². The van der Waals surface area contributed by atoms with Crippen molar-refractivity contribution in [2.75, 3.05) is 0 Å². The first-order valence-electron chi connectivity index (χ1n) is 6.54. The van der Waals surface area contributed by atoms with E-state index in [4.69, 9.17) is 5.11 Å². The van der Waals surface area contributed by atoms with E-state index in [-0.39, 0.29) is 18.0 Å². The lowest BCUT2D eigenvalue weighted by Gasteiger charge is -2.10. The maximum Gasteiger partial charge on any atom is 0.241 e. The average molecular weight is 306 g/mol. The van der Waals surface area contributed by atoms with E-state index >= 15 is 0 Å². The van der Waals surface area contributed by atoms with Crippen LogP contribution in [0.5, 0.6) is 0 Å². The van der Waals surface area contributed by atoms with Crippen LogP contribution in [-0.2, 0) is 23.2 Å². The monoisotopic (exact) mass is 306 g/mol. The minimum absolute atomic E-state index is 0.179. The number of aryl methyl sites for hydroxylation is 2. The zero-order chi connectivity index (χ0) is 15.5. The predicted molar refractivity (Wildman–Crippen MR) is 80.1 cm³/mol. The molecule has 21 heavy (non-hydrogen) atoms. The molecule has 2 aromatic rings. The molecule has 0 radical (unpaired) electrons. The maximum absolute atomic E-state index is 12.3. The Morgan fingerprint density at radius 2 is 1.86 bits per heavy atom. The number of aliphatic hydroxyl groups is 1. The Morgan fingerprint density at radius 1 is 1.14 bits per heavy atom. The Labute approximate surface area is 124 Å². The molecule has 6 heteroatoms. The number of hydrogen-bond donors (Lipinski definition) is 2. The molecule has 0 saturated carbocycles. The molecule has 0 atom stereocenters. The number of sulfonamides is 1. The molecule has 0 saturated heterocycles. The van der Waals surface area contributed by atoms with Crippen LogP contribution in [0, 0.1) is 13.8 Å². The molecule has 0 spiro atoms. The highest BCUT2D eigenvalue weighted by molar-refractivity contribution is 7.89. The lowest BCUT2D eigenvalue weighted by molar-refractivity contribution is 0.281. The lowest BCUT2D eigenvalue weighted by Crippen LogP contribution is -2.24. The van der Waals surface area contributed by atoms with E-state index < -0.39 is 10.0 Å². The normalized spacial score (nSPS) is 11.6. The summed E-state index contributed by atoms with van der Waals surface area (Å²) in [5, 5.41) is 9.13. The molecule has 0 unspecified atom stereocenters. The molecule has 2 rings (SSSR count). The molecule has 0 fully saturated rings. The van der Waals surface area contributed by atoms with Crippen LogP contribution in [0.2, 0.25) is 0 Å². The fourth-order valence-electron chi connectivity index (χ4n) is 1.89. The predicted octanol–water partition coefficient (Wildman–Crippen LogP) is 1.67. The fourth-order valence-corrected chi connectivity index (χ4v) is 3.20. The molecule has 0 bridgehead atoms. The topological polar surface area (TPSA) is 79.3 Å². The fraction of sp³-hybridized carbons (Fsp3) is 0.267. The van der Waals surface area contributed by atoms with Gasteiger partial charge in [-0.25, -0.2) is 13.1 Å². The summed E-state index contributed by atoms with van der Waals surface area (Å²) in [5.41, 5.74) is 2.88. The van der Waals surface area contributed by atoms with E-state index in [2.05, 4.69) is 9.71 Å². The number of hydrogen-bond acceptors (Lipinski definition) is 4. The molecule has 2 N–H and O–H groups in total. The zero-order valence-electron chi connectivity index (χ0n) is 12.0. The van der Waals surface area contributed by atoms with Gasteiger partial charge in [-0.15, -0.1) is 0 Å². The number of pyridine rings is 1. The number of nitrogens with zero attached hydrogens (tertiary/aromatic N) is 1. The number of benzene rings is 1. The minimum Gasteiger partial charge on any atom is -0.392 e. The van der Waals surface area contributed by atoms with Crippen molar-refractivity contribution in [3.05, 3.63) is 58.9 Å². The van der Waals surface area contributed by atoms with E-state index in [1.165, 1.54) is 6.07 Å². The van der Waals surface area contributed by atoms with Crippen molar-refractivity contribution in [2.45, 2.75) is 31.9 Å². The second-order valence-electron chi connectivity index (χ2n) is 4.89. The first kappa shape index (κ1) is 15.6. The van der Waals surface area contributed by atoms with Crippen molar-refractivity contribution < 1.29 is 13.5 Å². The molecular weight excluding hydrogens is 288 g/mol. The quantitative estimate of drug-likeness (QED) is 0.880. The van der Waals surface area contributed by atoms with Crippen LogP contribution in [0.4, 0.5) is 0 Å². The highest BCUT2D eigenvalue weighted by Crippen LogP contribution is 2.17. The average Bonchev–Trinajstić information content (AvgIpc) is 2.47. The van der Waals surface area contributed by atoms with Gasteiger partial charge in [-0.05, 0) is 42.7 Å². The molecule has 1 heterocycles. The first-order chi connectivity index (χ1) is 9.92. The Kier molecular flexibility index (Phi) is 4.72. The Morgan fingerprint density at radius 3 is 2.48 bits per heavy atom. The van der Waals surface area contributed by atoms with E-state index in [0.717, 1.165) is 11.3 Å². The number of rotatable bonds is 5. The van der Waals surface area contributed by atoms with E-state index in [1.807, 2.05) is 19.1 Å². The van der Waals surface area contributed by atoms with Gasteiger partial charge in [0.1, 0.15) is 0 Å². The van der Waals surface area contributed by atoms with E-state index in [1.54, 1.807) is 25.3 Å². The van der Waals surface area contributed by atoms with Crippen LogP contribution < -0.4 is 4.72 Å². The summed E-state index contributed by atoms with van der Waals surface area (Å²) in [7, 11) is -3.62. The van der Waals surface area contributed by atoms with Crippen molar-refractivity contribution in [1.29, 1.82) is 0 Å². The van der Waals surface area contributed by atoms with Gasteiger partial charge in [-0.3, -0.25) is 4.98 Å². The molecule has 0 amide bonds. The summed E-state index contributed by atoms with van der Waals surface area (Å²) in [5.74, 6) is 0. The summed E-state index contributed by atoms with van der Waals surface area (Å²) in [6.45, 7) is 3.59.